The normalized spacial score (nSPS) is 30.2. The van der Waals surface area contributed by atoms with Gasteiger partial charge in [0.15, 0.2) is 0 Å². The van der Waals surface area contributed by atoms with Gasteiger partial charge in [-0.25, -0.2) is 15.0 Å². The lowest BCUT2D eigenvalue weighted by Crippen LogP contribution is -2.38. The Hall–Kier alpha value is -2.59. The number of benzene rings is 1. The van der Waals surface area contributed by atoms with Gasteiger partial charge in [-0.2, -0.15) is 0 Å². The molecule has 2 fully saturated rings. The molecule has 8 nitrogen and oxygen atoms in total. The summed E-state index contributed by atoms with van der Waals surface area (Å²) in [6.45, 7) is 0.703. The van der Waals surface area contributed by atoms with Gasteiger partial charge in [-0.15, -0.1) is 0 Å². The Balaban J connectivity index is 1.33. The van der Waals surface area contributed by atoms with Crippen molar-refractivity contribution in [2.24, 2.45) is 5.41 Å². The van der Waals surface area contributed by atoms with Gasteiger partial charge in [-0.05, 0) is 59.6 Å². The summed E-state index contributed by atoms with van der Waals surface area (Å²) in [5, 5.41) is 24.3. The number of rotatable bonds is 2. The van der Waals surface area contributed by atoms with Crippen LogP contribution in [-0.4, -0.2) is 60.4 Å². The van der Waals surface area contributed by atoms with Gasteiger partial charge in [-0.1, -0.05) is 12.1 Å². The molecule has 2 aliphatic rings. The summed E-state index contributed by atoms with van der Waals surface area (Å²) in [4.78, 5) is 15.3. The van der Waals surface area contributed by atoms with Crippen LogP contribution >= 0.6 is 15.9 Å². The van der Waals surface area contributed by atoms with E-state index in [-0.39, 0.29) is 12.1 Å². The molecule has 1 aromatic carbocycles. The predicted molar refractivity (Wildman–Crippen MR) is 129 cm³/mol. The van der Waals surface area contributed by atoms with Crippen molar-refractivity contribution in [1.29, 1.82) is 0 Å². The first-order valence-corrected chi connectivity index (χ1v) is 11.8. The lowest BCUT2D eigenvalue weighted by atomic mass is 9.80. The summed E-state index contributed by atoms with van der Waals surface area (Å²) >= 11 is 3.44. The smallest absolute Gasteiger partial charge is 0.143 e. The maximum atomic E-state index is 11.3. The fourth-order valence-corrected chi connectivity index (χ4v) is 6.32. The van der Waals surface area contributed by atoms with Crippen molar-refractivity contribution in [3.63, 3.8) is 0 Å². The summed E-state index contributed by atoms with van der Waals surface area (Å²) in [6.07, 6.45) is 4.97. The molecule has 5 unspecified atom stereocenters. The van der Waals surface area contributed by atoms with Gasteiger partial charge in [-0.3, -0.25) is 4.90 Å². The van der Waals surface area contributed by atoms with Crippen LogP contribution < -0.4 is 5.73 Å². The lowest BCUT2D eigenvalue weighted by molar-refractivity contribution is -0.0238. The molecule has 6 rings (SSSR count). The Bertz CT molecular complexity index is 1380. The number of hydrogen-bond acceptors (Lipinski definition) is 7. The Labute approximate surface area is 199 Å². The second-order valence-electron chi connectivity index (χ2n) is 9.54. The topological polar surface area (TPSA) is 113 Å². The molecule has 1 aliphatic heterocycles. The number of nitrogen functional groups attached to an aromatic ring is 1. The molecule has 170 valence electrons. The molecular formula is C24H25BrN6O2. The van der Waals surface area contributed by atoms with E-state index in [1.165, 1.54) is 6.33 Å². The number of aliphatic hydroxyl groups excluding tert-OH is 2. The number of halogens is 1. The third-order valence-corrected chi connectivity index (χ3v) is 8.23. The van der Waals surface area contributed by atoms with Gasteiger partial charge in [0.05, 0.1) is 22.1 Å². The lowest BCUT2D eigenvalue weighted by Gasteiger charge is -2.27. The highest BCUT2D eigenvalue weighted by molar-refractivity contribution is 9.10. The van der Waals surface area contributed by atoms with Crippen molar-refractivity contribution in [2.75, 3.05) is 19.3 Å². The van der Waals surface area contributed by atoms with Crippen molar-refractivity contribution >= 4 is 43.7 Å². The molecule has 4 N–H and O–H groups in total. The van der Waals surface area contributed by atoms with Crippen molar-refractivity contribution < 1.29 is 10.2 Å². The molecule has 3 aromatic heterocycles. The van der Waals surface area contributed by atoms with E-state index < -0.39 is 17.6 Å². The summed E-state index contributed by atoms with van der Waals surface area (Å²) in [7, 11) is 2.08. The second kappa shape index (κ2) is 7.46. The molecule has 1 saturated carbocycles. The Morgan fingerprint density at radius 1 is 1.15 bits per heavy atom. The van der Waals surface area contributed by atoms with Crippen LogP contribution in [0.4, 0.5) is 5.82 Å². The Morgan fingerprint density at radius 3 is 2.85 bits per heavy atom. The first-order chi connectivity index (χ1) is 15.9. The largest absolute Gasteiger partial charge is 0.390 e. The highest BCUT2D eigenvalue weighted by atomic mass is 79.9. The second-order valence-corrected chi connectivity index (χ2v) is 10.4. The van der Waals surface area contributed by atoms with E-state index in [4.69, 9.17) is 5.73 Å². The minimum atomic E-state index is -0.863. The van der Waals surface area contributed by atoms with Crippen LogP contribution in [0.2, 0.25) is 0 Å². The van der Waals surface area contributed by atoms with E-state index in [0.29, 0.717) is 18.8 Å². The Kier molecular flexibility index (Phi) is 4.74. The van der Waals surface area contributed by atoms with E-state index in [1.54, 1.807) is 6.20 Å². The van der Waals surface area contributed by atoms with E-state index in [9.17, 15) is 10.2 Å². The number of hydrogen-bond donors (Lipinski definition) is 3. The molecule has 0 amide bonds. The number of nitrogens with zero attached hydrogens (tertiary/aromatic N) is 5. The molecule has 0 radical (unpaired) electrons. The molecule has 5 atom stereocenters. The van der Waals surface area contributed by atoms with Gasteiger partial charge < -0.3 is 20.5 Å². The van der Waals surface area contributed by atoms with Crippen molar-refractivity contribution in [3.05, 3.63) is 59.1 Å². The predicted octanol–water partition coefficient (Wildman–Crippen LogP) is 3.05. The minimum Gasteiger partial charge on any atom is -0.390 e. The molecule has 33 heavy (non-hydrogen) atoms. The maximum Gasteiger partial charge on any atom is 0.143 e. The van der Waals surface area contributed by atoms with Gasteiger partial charge in [0.25, 0.3) is 0 Å². The summed E-state index contributed by atoms with van der Waals surface area (Å²) in [6, 6.07) is 10.1. The number of aromatic nitrogens is 4. The molecule has 1 spiro atoms. The van der Waals surface area contributed by atoms with E-state index in [0.717, 1.165) is 38.4 Å². The van der Waals surface area contributed by atoms with Crippen molar-refractivity contribution in [1.82, 2.24) is 24.4 Å². The van der Waals surface area contributed by atoms with Crippen molar-refractivity contribution in [3.8, 4) is 0 Å². The highest BCUT2D eigenvalue weighted by Gasteiger charge is 2.57. The van der Waals surface area contributed by atoms with E-state index in [2.05, 4.69) is 61.0 Å². The molecule has 4 aromatic rings. The van der Waals surface area contributed by atoms with Crippen LogP contribution in [-0.2, 0) is 0 Å². The fourth-order valence-electron chi connectivity index (χ4n) is 5.99. The van der Waals surface area contributed by atoms with E-state index >= 15 is 0 Å². The van der Waals surface area contributed by atoms with Crippen LogP contribution in [0.5, 0.6) is 0 Å². The van der Waals surface area contributed by atoms with Crippen LogP contribution in [0.3, 0.4) is 0 Å². The zero-order valence-corrected chi connectivity index (χ0v) is 19.7. The standard InChI is InChI=1S/C24H25BrN6O2/c1-30-11-24(8-18(30)14-3-2-13-6-16(25)22(26)29-17(13)7-14)9-19(20(32)21(24)33)31-5-4-15-10-27-12-28-23(15)31/h2-7,10,12,18-21,32-33H,8-9,11H2,1H3,(H2,26,29). The zero-order valence-electron chi connectivity index (χ0n) is 18.1. The summed E-state index contributed by atoms with van der Waals surface area (Å²) in [5.74, 6) is 0.468. The van der Waals surface area contributed by atoms with Crippen LogP contribution in [0.15, 0.2) is 53.5 Å². The zero-order chi connectivity index (χ0) is 22.9. The van der Waals surface area contributed by atoms with Gasteiger partial charge in [0.1, 0.15) is 23.9 Å². The fraction of sp³-hybridized carbons (Fsp3) is 0.375. The number of aliphatic hydroxyl groups is 2. The van der Waals surface area contributed by atoms with Gasteiger partial charge in [0.2, 0.25) is 0 Å². The molecular weight excluding hydrogens is 484 g/mol. The van der Waals surface area contributed by atoms with Gasteiger partial charge >= 0.3 is 0 Å². The highest BCUT2D eigenvalue weighted by Crippen LogP contribution is 2.55. The number of pyridine rings is 1. The van der Waals surface area contributed by atoms with Crippen molar-refractivity contribution in [2.45, 2.75) is 37.1 Å². The van der Waals surface area contributed by atoms with Gasteiger partial charge in [0, 0.05) is 41.2 Å². The monoisotopic (exact) mass is 508 g/mol. The number of fused-ring (bicyclic) bond motifs is 2. The van der Waals surface area contributed by atoms with Crippen LogP contribution in [0.25, 0.3) is 21.9 Å². The third kappa shape index (κ3) is 3.18. The molecule has 1 aliphatic carbocycles. The van der Waals surface area contributed by atoms with Crippen LogP contribution in [0, 0.1) is 5.41 Å². The molecule has 4 heterocycles. The first kappa shape index (κ1) is 21.0. The SMILES string of the molecule is CN1CC2(CC1c1ccc3cc(Br)c(N)nc3c1)CC(n1ccc3cncnc31)C(O)C2O. The Morgan fingerprint density at radius 2 is 2.00 bits per heavy atom. The first-order valence-electron chi connectivity index (χ1n) is 11.0. The maximum absolute atomic E-state index is 11.3. The number of nitrogens with two attached hydrogens (primary N) is 1. The van der Waals surface area contributed by atoms with E-state index in [1.807, 2.05) is 22.9 Å². The number of anilines is 1. The molecule has 1 saturated heterocycles. The third-order valence-electron chi connectivity index (χ3n) is 7.60. The quantitative estimate of drug-likeness (QED) is 0.381. The minimum absolute atomic E-state index is 0.116. The van der Waals surface area contributed by atoms with Crippen LogP contribution in [0.1, 0.15) is 30.5 Å². The average Bonchev–Trinajstić information content (AvgIpc) is 3.45. The molecule has 9 heteroatoms. The summed E-state index contributed by atoms with van der Waals surface area (Å²) < 4.78 is 2.78. The molecule has 0 bridgehead atoms. The average molecular weight is 509 g/mol. The summed E-state index contributed by atoms with van der Waals surface area (Å²) in [5.41, 5.74) is 8.37. The number of likely N-dealkylation sites (tertiary alicyclic amines) is 1.